The number of thiazole rings is 1. The van der Waals surface area contributed by atoms with Crippen molar-refractivity contribution >= 4 is 46.4 Å². The molecular formula is C19H35IN6S. The summed E-state index contributed by atoms with van der Waals surface area (Å²) < 4.78 is 0. The highest BCUT2D eigenvalue weighted by Gasteiger charge is 2.19. The molecule has 0 bridgehead atoms. The van der Waals surface area contributed by atoms with Gasteiger partial charge in [0, 0.05) is 57.6 Å². The summed E-state index contributed by atoms with van der Waals surface area (Å²) in [4.78, 5) is 14.2. The number of aromatic nitrogens is 1. The molecule has 0 spiro atoms. The molecule has 0 aliphatic carbocycles. The molecule has 0 radical (unpaired) electrons. The third-order valence-corrected chi connectivity index (χ3v) is 6.23. The summed E-state index contributed by atoms with van der Waals surface area (Å²) in [6.07, 6.45) is 7.20. The maximum absolute atomic E-state index is 4.80. The van der Waals surface area contributed by atoms with E-state index in [1.807, 2.05) is 7.05 Å². The Bertz CT molecular complexity index is 564. The van der Waals surface area contributed by atoms with E-state index >= 15 is 0 Å². The molecule has 0 unspecified atom stereocenters. The SMILES string of the molecule is CCCN1CCC(NC(=NC)NCCc2csc(N3CCCC3)n2)CC1.I. The van der Waals surface area contributed by atoms with E-state index in [-0.39, 0.29) is 24.0 Å². The highest BCUT2D eigenvalue weighted by atomic mass is 127. The summed E-state index contributed by atoms with van der Waals surface area (Å²) in [7, 11) is 1.86. The molecule has 0 atom stereocenters. The van der Waals surface area contributed by atoms with Crippen molar-refractivity contribution in [3.05, 3.63) is 11.1 Å². The fourth-order valence-corrected chi connectivity index (χ4v) is 4.69. The number of hydrogen-bond acceptors (Lipinski definition) is 5. The number of piperidine rings is 1. The third kappa shape index (κ3) is 7.05. The smallest absolute Gasteiger partial charge is 0.191 e. The van der Waals surface area contributed by atoms with Gasteiger partial charge in [-0.25, -0.2) is 4.98 Å². The zero-order valence-corrected chi connectivity index (χ0v) is 19.9. The molecule has 1 aromatic rings. The Morgan fingerprint density at radius 1 is 1.26 bits per heavy atom. The Labute approximate surface area is 185 Å². The van der Waals surface area contributed by atoms with E-state index in [0.717, 1.165) is 18.9 Å². The molecule has 0 aromatic carbocycles. The topological polar surface area (TPSA) is 55.8 Å². The second-order valence-electron chi connectivity index (χ2n) is 7.32. The van der Waals surface area contributed by atoms with Gasteiger partial charge in [0.1, 0.15) is 0 Å². The highest BCUT2D eigenvalue weighted by Crippen LogP contribution is 2.24. The Hall–Kier alpha value is -0.610. The van der Waals surface area contributed by atoms with Crippen molar-refractivity contribution in [2.24, 2.45) is 4.99 Å². The van der Waals surface area contributed by atoms with Gasteiger partial charge in [-0.3, -0.25) is 4.99 Å². The average Bonchev–Trinajstić information content (AvgIpc) is 3.34. The second kappa shape index (κ2) is 12.1. The lowest BCUT2D eigenvalue weighted by Crippen LogP contribution is -2.49. The number of aliphatic imine (C=N–C) groups is 1. The minimum absolute atomic E-state index is 0. The van der Waals surface area contributed by atoms with Crippen molar-refractivity contribution in [3.63, 3.8) is 0 Å². The molecule has 6 nitrogen and oxygen atoms in total. The standard InChI is InChI=1S/C19H34N6S.HI/c1-3-10-24-13-7-16(8-14-24)22-18(20-2)21-9-6-17-15-26-19(23-17)25-11-4-5-12-25;/h15-16H,3-14H2,1-2H3,(H2,20,21,22);1H. The molecule has 2 N–H and O–H groups in total. The van der Waals surface area contributed by atoms with Gasteiger partial charge in [-0.1, -0.05) is 6.92 Å². The van der Waals surface area contributed by atoms with Gasteiger partial charge in [-0.05, 0) is 38.6 Å². The summed E-state index contributed by atoms with van der Waals surface area (Å²) in [6, 6.07) is 0.537. The third-order valence-electron chi connectivity index (χ3n) is 5.28. The van der Waals surface area contributed by atoms with Gasteiger partial charge in [0.25, 0.3) is 0 Å². The maximum Gasteiger partial charge on any atom is 0.191 e. The first-order valence-electron chi connectivity index (χ1n) is 10.2. The summed E-state index contributed by atoms with van der Waals surface area (Å²) in [5, 5.41) is 10.4. The van der Waals surface area contributed by atoms with Crippen LogP contribution in [0.1, 0.15) is 44.7 Å². The fourth-order valence-electron chi connectivity index (χ4n) is 3.78. The van der Waals surface area contributed by atoms with E-state index in [2.05, 4.69) is 37.7 Å². The second-order valence-corrected chi connectivity index (χ2v) is 8.16. The van der Waals surface area contributed by atoms with Crippen molar-refractivity contribution < 1.29 is 0 Å². The van der Waals surface area contributed by atoms with Crippen LogP contribution in [0.5, 0.6) is 0 Å². The predicted octanol–water partition coefficient (Wildman–Crippen LogP) is 2.94. The molecule has 8 heteroatoms. The maximum atomic E-state index is 4.80. The molecule has 1 aromatic heterocycles. The van der Waals surface area contributed by atoms with Gasteiger partial charge in [-0.2, -0.15) is 0 Å². The van der Waals surface area contributed by atoms with Crippen LogP contribution in [0.2, 0.25) is 0 Å². The monoisotopic (exact) mass is 506 g/mol. The van der Waals surface area contributed by atoms with Gasteiger partial charge >= 0.3 is 0 Å². The lowest BCUT2D eigenvalue weighted by atomic mass is 10.1. The molecule has 3 heterocycles. The Kier molecular flexibility index (Phi) is 10.1. The number of halogens is 1. The van der Waals surface area contributed by atoms with Crippen LogP contribution in [0, 0.1) is 0 Å². The minimum atomic E-state index is 0. The lowest BCUT2D eigenvalue weighted by Gasteiger charge is -2.32. The number of guanidine groups is 1. The summed E-state index contributed by atoms with van der Waals surface area (Å²) in [6.45, 7) is 9.08. The Balaban J connectivity index is 0.00000261. The molecule has 0 saturated carbocycles. The van der Waals surface area contributed by atoms with Crippen molar-refractivity contribution in [1.82, 2.24) is 20.5 Å². The van der Waals surface area contributed by atoms with E-state index in [1.54, 1.807) is 11.3 Å². The van der Waals surface area contributed by atoms with Crippen LogP contribution < -0.4 is 15.5 Å². The number of nitrogens with one attached hydrogen (secondary N) is 2. The summed E-state index contributed by atoms with van der Waals surface area (Å²) >= 11 is 1.78. The van der Waals surface area contributed by atoms with E-state index in [4.69, 9.17) is 4.98 Å². The minimum Gasteiger partial charge on any atom is -0.356 e. The van der Waals surface area contributed by atoms with Crippen LogP contribution in [-0.4, -0.2) is 68.2 Å². The Morgan fingerprint density at radius 2 is 2.00 bits per heavy atom. The van der Waals surface area contributed by atoms with Gasteiger partial charge in [0.2, 0.25) is 0 Å². The van der Waals surface area contributed by atoms with Crippen LogP contribution in [0.25, 0.3) is 0 Å². The zero-order valence-electron chi connectivity index (χ0n) is 16.7. The summed E-state index contributed by atoms with van der Waals surface area (Å²) in [5.74, 6) is 0.925. The molecule has 0 amide bonds. The quantitative estimate of drug-likeness (QED) is 0.339. The van der Waals surface area contributed by atoms with Gasteiger partial charge < -0.3 is 20.4 Å². The first kappa shape index (κ1) is 22.7. The molecule has 3 rings (SSSR count). The van der Waals surface area contributed by atoms with Gasteiger partial charge in [0.15, 0.2) is 11.1 Å². The van der Waals surface area contributed by atoms with Crippen molar-refractivity contribution in [1.29, 1.82) is 0 Å². The average molecular weight is 507 g/mol. The number of likely N-dealkylation sites (tertiary alicyclic amines) is 1. The van der Waals surface area contributed by atoms with E-state index in [1.165, 1.54) is 75.7 Å². The molecule has 2 saturated heterocycles. The molecule has 2 fully saturated rings. The van der Waals surface area contributed by atoms with Crippen LogP contribution >= 0.6 is 35.3 Å². The fraction of sp³-hybridized carbons (Fsp3) is 0.789. The first-order valence-corrected chi connectivity index (χ1v) is 11.1. The zero-order chi connectivity index (χ0) is 18.2. The van der Waals surface area contributed by atoms with Gasteiger partial charge in [-0.15, -0.1) is 35.3 Å². The van der Waals surface area contributed by atoms with E-state index in [9.17, 15) is 0 Å². The number of anilines is 1. The number of nitrogens with zero attached hydrogens (tertiary/aromatic N) is 4. The largest absolute Gasteiger partial charge is 0.356 e. The van der Waals surface area contributed by atoms with E-state index < -0.39 is 0 Å². The van der Waals surface area contributed by atoms with Crippen LogP contribution in [0.4, 0.5) is 5.13 Å². The molecule has 154 valence electrons. The number of hydrogen-bond donors (Lipinski definition) is 2. The van der Waals surface area contributed by atoms with Crippen molar-refractivity contribution in [3.8, 4) is 0 Å². The highest BCUT2D eigenvalue weighted by molar-refractivity contribution is 14.0. The summed E-state index contributed by atoms with van der Waals surface area (Å²) in [5.41, 5.74) is 1.19. The first-order chi connectivity index (χ1) is 12.8. The predicted molar refractivity (Wildman–Crippen MR) is 127 cm³/mol. The molecule has 2 aliphatic heterocycles. The van der Waals surface area contributed by atoms with Crippen LogP contribution in [0.3, 0.4) is 0 Å². The lowest BCUT2D eigenvalue weighted by molar-refractivity contribution is 0.206. The van der Waals surface area contributed by atoms with Crippen LogP contribution in [-0.2, 0) is 6.42 Å². The number of rotatable bonds is 7. The van der Waals surface area contributed by atoms with Crippen molar-refractivity contribution in [2.75, 3.05) is 51.2 Å². The molecule has 2 aliphatic rings. The Morgan fingerprint density at radius 3 is 2.67 bits per heavy atom. The van der Waals surface area contributed by atoms with E-state index in [0.29, 0.717) is 6.04 Å². The van der Waals surface area contributed by atoms with Crippen LogP contribution in [0.15, 0.2) is 10.4 Å². The molecule has 27 heavy (non-hydrogen) atoms. The van der Waals surface area contributed by atoms with Crippen molar-refractivity contribution in [2.45, 2.75) is 51.5 Å². The van der Waals surface area contributed by atoms with Gasteiger partial charge in [0.05, 0.1) is 5.69 Å². The molecular weight excluding hydrogens is 471 g/mol. The normalized spacial score (nSPS) is 19.2.